The second-order valence-electron chi connectivity index (χ2n) is 12.9. The first-order chi connectivity index (χ1) is 24.9. The molecule has 0 aromatic heterocycles. The lowest BCUT2D eigenvalue weighted by Gasteiger charge is -2.43. The van der Waals surface area contributed by atoms with Crippen LogP contribution in [0.25, 0.3) is 0 Å². The first-order valence-corrected chi connectivity index (χ1v) is 16.6. The van der Waals surface area contributed by atoms with E-state index in [4.69, 9.17) is 37.9 Å². The monoisotopic (exact) mass is 744 g/mol. The van der Waals surface area contributed by atoms with Gasteiger partial charge in [0.25, 0.3) is 0 Å². The van der Waals surface area contributed by atoms with Crippen LogP contribution in [0, 0.1) is 11.8 Å². The van der Waals surface area contributed by atoms with Gasteiger partial charge in [-0.15, -0.1) is 0 Å². The van der Waals surface area contributed by atoms with Crippen molar-refractivity contribution >= 4 is 0 Å². The summed E-state index contributed by atoms with van der Waals surface area (Å²) in [5, 5.41) is 104. The van der Waals surface area contributed by atoms with Crippen LogP contribution < -0.4 is 23.7 Å². The molecule has 3 aliphatic rings. The molecule has 18 heteroatoms. The molecule has 10 N–H and O–H groups in total. The number of methoxy groups -OCH3 is 4. The quantitative estimate of drug-likeness (QED) is 0.100. The molecule has 2 fully saturated rings. The molecule has 0 spiro atoms. The smallest absolute Gasteiger partial charge is 0.229 e. The van der Waals surface area contributed by atoms with Gasteiger partial charge in [0, 0.05) is 18.1 Å². The van der Waals surface area contributed by atoms with Crippen molar-refractivity contribution < 1.29 is 89.0 Å². The number of hydrogen-bond donors (Lipinski definition) is 10. The van der Waals surface area contributed by atoms with E-state index in [0.29, 0.717) is 16.7 Å². The number of aliphatic hydroxyl groups is 9. The number of hydrogen-bond acceptors (Lipinski definition) is 18. The maximum atomic E-state index is 10.8. The summed E-state index contributed by atoms with van der Waals surface area (Å²) in [5.74, 6) is -2.20. The molecule has 0 amide bonds. The van der Waals surface area contributed by atoms with E-state index < -0.39 is 92.4 Å². The van der Waals surface area contributed by atoms with Gasteiger partial charge in [-0.3, -0.25) is 0 Å². The van der Waals surface area contributed by atoms with Crippen molar-refractivity contribution in [3.8, 4) is 34.5 Å². The normalized spacial score (nSPS) is 34.7. The van der Waals surface area contributed by atoms with Crippen molar-refractivity contribution in [3.63, 3.8) is 0 Å². The molecule has 2 heterocycles. The maximum Gasteiger partial charge on any atom is 0.229 e. The van der Waals surface area contributed by atoms with Gasteiger partial charge in [0.1, 0.15) is 48.8 Å². The average molecular weight is 745 g/mol. The van der Waals surface area contributed by atoms with Gasteiger partial charge in [-0.05, 0) is 47.6 Å². The first kappa shape index (κ1) is 40.0. The third kappa shape index (κ3) is 7.31. The molecule has 0 radical (unpaired) electrons. The first-order valence-electron chi connectivity index (χ1n) is 16.6. The fraction of sp³-hybridized carbons (Fsp3) is 0.647. The number of ether oxygens (including phenoxy) is 8. The lowest BCUT2D eigenvalue weighted by Crippen LogP contribution is -2.60. The lowest BCUT2D eigenvalue weighted by molar-refractivity contribution is -0.304. The molecule has 2 unspecified atom stereocenters. The van der Waals surface area contributed by atoms with Crippen molar-refractivity contribution in [3.05, 3.63) is 34.9 Å². The van der Waals surface area contributed by atoms with Gasteiger partial charge in [-0.1, -0.05) is 0 Å². The molecule has 52 heavy (non-hydrogen) atoms. The van der Waals surface area contributed by atoms with Gasteiger partial charge in [0.05, 0.1) is 48.3 Å². The highest BCUT2D eigenvalue weighted by molar-refractivity contribution is 5.64. The third-order valence-corrected chi connectivity index (χ3v) is 10.1. The molecule has 2 aliphatic heterocycles. The van der Waals surface area contributed by atoms with Crippen LogP contribution in [0.5, 0.6) is 34.5 Å². The summed E-state index contributed by atoms with van der Waals surface area (Å²) in [7, 11) is 5.40. The Morgan fingerprint density at radius 1 is 0.635 bits per heavy atom. The maximum absolute atomic E-state index is 10.8. The summed E-state index contributed by atoms with van der Waals surface area (Å²) in [6.45, 7) is -1.98. The van der Waals surface area contributed by atoms with Crippen molar-refractivity contribution in [1.29, 1.82) is 0 Å². The van der Waals surface area contributed by atoms with E-state index in [1.807, 2.05) is 0 Å². The SMILES string of the molecule is COc1cc([C@@H]2c3c(cc(OC)c(OC4O[C@H](CO)[C@@H](O)[C@H](O)[C@H]4O)c3OC)C[C@H](CO)[C@H]2COC2O[C@H](CO)[C@@H](O)[C@H](O)[C@H]2O)cc(OC)c1O. The Morgan fingerprint density at radius 2 is 1.17 bits per heavy atom. The van der Waals surface area contributed by atoms with Crippen LogP contribution in [0.3, 0.4) is 0 Å². The van der Waals surface area contributed by atoms with Crippen LogP contribution in [-0.4, -0.2) is 167 Å². The minimum Gasteiger partial charge on any atom is -0.502 e. The largest absolute Gasteiger partial charge is 0.502 e. The summed E-state index contributed by atoms with van der Waals surface area (Å²) in [6, 6.07) is 4.74. The van der Waals surface area contributed by atoms with Gasteiger partial charge in [0.15, 0.2) is 29.3 Å². The second-order valence-corrected chi connectivity index (χ2v) is 12.9. The van der Waals surface area contributed by atoms with Crippen LogP contribution in [0.1, 0.15) is 22.6 Å². The topological polar surface area (TPSA) is 276 Å². The number of aromatic hydroxyl groups is 1. The summed E-state index contributed by atoms with van der Waals surface area (Å²) >= 11 is 0. The van der Waals surface area contributed by atoms with E-state index in [-0.39, 0.29) is 54.1 Å². The van der Waals surface area contributed by atoms with Crippen LogP contribution in [0.4, 0.5) is 0 Å². The van der Waals surface area contributed by atoms with Gasteiger partial charge in [0.2, 0.25) is 17.8 Å². The molecule has 2 saturated heterocycles. The Hall–Kier alpha value is -3.24. The Bertz CT molecular complexity index is 1480. The highest BCUT2D eigenvalue weighted by Crippen LogP contribution is 2.55. The molecular formula is C34H48O18. The van der Waals surface area contributed by atoms with Crippen LogP contribution in [-0.2, 0) is 20.6 Å². The van der Waals surface area contributed by atoms with E-state index >= 15 is 0 Å². The zero-order valence-electron chi connectivity index (χ0n) is 29.0. The summed E-state index contributed by atoms with van der Waals surface area (Å²) in [4.78, 5) is 0. The number of fused-ring (bicyclic) bond motifs is 1. The molecular weight excluding hydrogens is 696 g/mol. The number of rotatable bonds is 13. The van der Waals surface area contributed by atoms with Crippen molar-refractivity contribution in [1.82, 2.24) is 0 Å². The van der Waals surface area contributed by atoms with Crippen molar-refractivity contribution in [2.45, 2.75) is 73.8 Å². The standard InChI is InChI=1S/C34H48O18/c1-45-17-6-14(7-18(46-2)24(17)38)22-16(12-49-33-29(43)27(41)25(39)20(10-36)50-33)15(9-35)5-13-8-19(47-3)31(32(48-4)23(13)22)52-34-30(44)28(42)26(40)21(11-37)51-34/h6-8,15-16,20-22,25-30,33-44H,5,9-12H2,1-4H3/t15-,16-,20-,21-,22+,25-,26-,27+,28+,29-,30-,33?,34?/m1/s1. The van der Waals surface area contributed by atoms with E-state index in [9.17, 15) is 51.1 Å². The van der Waals surface area contributed by atoms with E-state index in [1.165, 1.54) is 28.4 Å². The van der Waals surface area contributed by atoms with Crippen molar-refractivity contribution in [2.24, 2.45) is 11.8 Å². The van der Waals surface area contributed by atoms with Crippen LogP contribution >= 0.6 is 0 Å². The molecule has 13 atom stereocenters. The second kappa shape index (κ2) is 16.8. The Kier molecular flexibility index (Phi) is 12.9. The van der Waals surface area contributed by atoms with Crippen LogP contribution in [0.15, 0.2) is 18.2 Å². The molecule has 5 rings (SSSR count). The Balaban J connectivity index is 1.66. The zero-order chi connectivity index (χ0) is 38.0. The van der Waals surface area contributed by atoms with E-state index in [2.05, 4.69) is 0 Å². The molecule has 2 aromatic rings. The molecule has 2 aromatic carbocycles. The summed E-state index contributed by atoms with van der Waals surface area (Å²) < 4.78 is 45.9. The summed E-state index contributed by atoms with van der Waals surface area (Å²) in [5.41, 5.74) is 1.55. The third-order valence-electron chi connectivity index (χ3n) is 10.1. The Labute approximate surface area is 298 Å². The number of phenols is 1. The van der Waals surface area contributed by atoms with Gasteiger partial charge in [-0.2, -0.15) is 0 Å². The molecule has 1 aliphatic carbocycles. The predicted octanol–water partition coefficient (Wildman–Crippen LogP) is -2.67. The number of benzene rings is 2. The molecule has 0 bridgehead atoms. The fourth-order valence-corrected chi connectivity index (χ4v) is 7.21. The highest BCUT2D eigenvalue weighted by Gasteiger charge is 2.48. The summed E-state index contributed by atoms with van der Waals surface area (Å²) in [6.07, 6.45) is -15.6. The van der Waals surface area contributed by atoms with Gasteiger partial charge >= 0.3 is 0 Å². The highest BCUT2D eigenvalue weighted by atomic mass is 16.7. The van der Waals surface area contributed by atoms with E-state index in [0.717, 1.165) is 0 Å². The molecule has 292 valence electrons. The zero-order valence-corrected chi connectivity index (χ0v) is 29.0. The van der Waals surface area contributed by atoms with Gasteiger partial charge < -0.3 is 89.0 Å². The average Bonchev–Trinajstić information content (AvgIpc) is 3.16. The van der Waals surface area contributed by atoms with E-state index in [1.54, 1.807) is 18.2 Å². The van der Waals surface area contributed by atoms with Crippen LogP contribution in [0.2, 0.25) is 0 Å². The lowest BCUT2D eigenvalue weighted by atomic mass is 9.66. The van der Waals surface area contributed by atoms with Gasteiger partial charge in [-0.25, -0.2) is 0 Å². The fourth-order valence-electron chi connectivity index (χ4n) is 7.21. The number of phenolic OH excluding ortho intramolecular Hbond substituents is 1. The minimum absolute atomic E-state index is 0.0425. The number of aliphatic hydroxyl groups excluding tert-OH is 9. The molecule has 0 saturated carbocycles. The predicted molar refractivity (Wildman–Crippen MR) is 174 cm³/mol. The minimum atomic E-state index is -1.77. The van der Waals surface area contributed by atoms with Crippen molar-refractivity contribution in [2.75, 3.05) is 54.9 Å². The molecule has 18 nitrogen and oxygen atoms in total. The Morgan fingerprint density at radius 3 is 1.67 bits per heavy atom.